The normalized spacial score (nSPS) is 20.3. The summed E-state index contributed by atoms with van der Waals surface area (Å²) in [5.74, 6) is 4.79. The third kappa shape index (κ3) is 6.56. The molecule has 2 aromatic heterocycles. The summed E-state index contributed by atoms with van der Waals surface area (Å²) in [7, 11) is 0. The summed E-state index contributed by atoms with van der Waals surface area (Å²) in [4.78, 5) is 20.2. The van der Waals surface area contributed by atoms with Crippen molar-refractivity contribution >= 4 is 47.0 Å². The maximum Gasteiger partial charge on any atom is 0.188 e. The third-order valence-corrected chi connectivity index (χ3v) is 10.2. The van der Waals surface area contributed by atoms with E-state index in [0.29, 0.717) is 0 Å². The molecule has 1 saturated carbocycles. The standard InChI is InChI=1S/C32H36N4S4/c1-5-37-25-19-23(33-31(35-25)39-7-3)29-27(21-15-11-9-12-16-21)30(28(29)22-17-13-10-14-18-22)24-20-26(38-6-2)36-32(34-24)40-8-4/h9-20,27-30H,5-8H2,1-4H3/t27-,28-,29-,30+. The molecule has 0 N–H and O–H groups in total. The summed E-state index contributed by atoms with van der Waals surface area (Å²) in [5.41, 5.74) is 4.96. The molecule has 0 unspecified atom stereocenters. The summed E-state index contributed by atoms with van der Waals surface area (Å²) in [6, 6.07) is 26.5. The van der Waals surface area contributed by atoms with Gasteiger partial charge in [-0.05, 0) is 46.3 Å². The monoisotopic (exact) mass is 604 g/mol. The smallest absolute Gasteiger partial charge is 0.188 e. The Labute approximate surface area is 255 Å². The molecule has 0 bridgehead atoms. The van der Waals surface area contributed by atoms with E-state index in [9.17, 15) is 0 Å². The van der Waals surface area contributed by atoms with Crippen LogP contribution in [0.3, 0.4) is 0 Å². The third-order valence-electron chi connectivity index (χ3n) is 7.13. The first-order valence-electron chi connectivity index (χ1n) is 14.1. The fourth-order valence-electron chi connectivity index (χ4n) is 5.68. The average Bonchev–Trinajstić information content (AvgIpc) is 2.94. The zero-order valence-electron chi connectivity index (χ0n) is 23.5. The second-order valence-electron chi connectivity index (χ2n) is 9.48. The first-order chi connectivity index (χ1) is 19.7. The molecule has 1 fully saturated rings. The van der Waals surface area contributed by atoms with Gasteiger partial charge in [0.15, 0.2) is 10.3 Å². The minimum atomic E-state index is 0.213. The molecule has 0 amide bonds. The van der Waals surface area contributed by atoms with Gasteiger partial charge in [0.05, 0.1) is 11.4 Å². The van der Waals surface area contributed by atoms with Crippen molar-refractivity contribution < 1.29 is 0 Å². The molecule has 0 radical (unpaired) electrons. The van der Waals surface area contributed by atoms with E-state index in [1.165, 1.54) is 11.1 Å². The van der Waals surface area contributed by atoms with Crippen LogP contribution in [-0.4, -0.2) is 42.9 Å². The Morgan fingerprint density at radius 3 is 1.20 bits per heavy atom. The molecule has 4 nitrogen and oxygen atoms in total. The van der Waals surface area contributed by atoms with Gasteiger partial charge in [-0.2, -0.15) is 0 Å². The molecular formula is C32H36N4S4. The highest BCUT2D eigenvalue weighted by atomic mass is 32.2. The molecule has 1 aliphatic rings. The Kier molecular flexibility index (Phi) is 10.5. The van der Waals surface area contributed by atoms with E-state index in [1.807, 2.05) is 0 Å². The first kappa shape index (κ1) is 29.5. The lowest BCUT2D eigenvalue weighted by atomic mass is 9.50. The van der Waals surface area contributed by atoms with Gasteiger partial charge in [0.2, 0.25) is 0 Å². The summed E-state index contributed by atoms with van der Waals surface area (Å²) >= 11 is 7.05. The lowest BCUT2D eigenvalue weighted by molar-refractivity contribution is 0.217. The Bertz CT molecular complexity index is 1220. The van der Waals surface area contributed by atoms with E-state index in [1.54, 1.807) is 47.0 Å². The molecule has 1 aliphatic carbocycles. The van der Waals surface area contributed by atoms with Crippen LogP contribution in [0.1, 0.15) is 73.9 Å². The zero-order chi connectivity index (χ0) is 27.9. The topological polar surface area (TPSA) is 51.6 Å². The molecule has 0 atom stereocenters. The van der Waals surface area contributed by atoms with Crippen molar-refractivity contribution in [1.82, 2.24) is 19.9 Å². The lowest BCUT2D eigenvalue weighted by Crippen LogP contribution is -2.41. The number of nitrogens with zero attached hydrogens (tertiary/aromatic N) is 4. The molecule has 0 spiro atoms. The van der Waals surface area contributed by atoms with Crippen LogP contribution in [0.4, 0.5) is 0 Å². The van der Waals surface area contributed by atoms with E-state index in [4.69, 9.17) is 19.9 Å². The number of hydrogen-bond donors (Lipinski definition) is 0. The number of thioether (sulfide) groups is 4. The van der Waals surface area contributed by atoms with Crippen LogP contribution >= 0.6 is 47.0 Å². The molecule has 0 saturated heterocycles. The zero-order valence-corrected chi connectivity index (χ0v) is 26.8. The van der Waals surface area contributed by atoms with Gasteiger partial charge in [-0.1, -0.05) is 112 Å². The second kappa shape index (κ2) is 14.3. The van der Waals surface area contributed by atoms with Crippen LogP contribution in [0.5, 0.6) is 0 Å². The minimum absolute atomic E-state index is 0.213. The quantitative estimate of drug-likeness (QED) is 0.0901. The predicted octanol–water partition coefficient (Wildman–Crippen LogP) is 9.16. The van der Waals surface area contributed by atoms with Gasteiger partial charge >= 0.3 is 0 Å². The second-order valence-corrected chi connectivity index (χ2v) is 14.5. The van der Waals surface area contributed by atoms with Gasteiger partial charge in [0.1, 0.15) is 10.1 Å². The van der Waals surface area contributed by atoms with E-state index in [-0.39, 0.29) is 23.7 Å². The van der Waals surface area contributed by atoms with Crippen molar-refractivity contribution in [3.63, 3.8) is 0 Å². The molecular weight excluding hydrogens is 569 g/mol. The molecule has 2 heterocycles. The highest BCUT2D eigenvalue weighted by Gasteiger charge is 2.54. The number of rotatable bonds is 12. The fourth-order valence-corrected chi connectivity index (χ4v) is 8.28. The largest absolute Gasteiger partial charge is 0.227 e. The van der Waals surface area contributed by atoms with Gasteiger partial charge in [0, 0.05) is 23.7 Å². The van der Waals surface area contributed by atoms with E-state index >= 15 is 0 Å². The van der Waals surface area contributed by atoms with E-state index in [2.05, 4.69) is 100 Å². The SMILES string of the molecule is CCSc1cc([C@H]2[C@H](c3ccccc3)[C@@H](c3cc(SCC)nc(SCC)n3)[C@H]2c2ccccc2)nc(SCC)n1. The van der Waals surface area contributed by atoms with Gasteiger partial charge < -0.3 is 0 Å². The Balaban J connectivity index is 1.70. The van der Waals surface area contributed by atoms with Gasteiger partial charge in [-0.3, -0.25) is 0 Å². The van der Waals surface area contributed by atoms with Gasteiger partial charge in [-0.25, -0.2) is 19.9 Å². The summed E-state index contributed by atoms with van der Waals surface area (Å²) in [5, 5.41) is 3.89. The van der Waals surface area contributed by atoms with Crippen LogP contribution in [0, 0.1) is 0 Å². The molecule has 208 valence electrons. The van der Waals surface area contributed by atoms with Crippen molar-refractivity contribution in [2.24, 2.45) is 0 Å². The minimum Gasteiger partial charge on any atom is -0.227 e. The number of benzene rings is 2. The molecule has 40 heavy (non-hydrogen) atoms. The van der Waals surface area contributed by atoms with E-state index in [0.717, 1.165) is 54.8 Å². The number of aromatic nitrogens is 4. The number of hydrogen-bond acceptors (Lipinski definition) is 8. The van der Waals surface area contributed by atoms with Crippen LogP contribution < -0.4 is 0 Å². The summed E-state index contributed by atoms with van der Waals surface area (Å²) in [6.45, 7) is 8.70. The molecule has 2 aromatic carbocycles. The average molecular weight is 605 g/mol. The van der Waals surface area contributed by atoms with Crippen molar-refractivity contribution in [2.45, 2.75) is 71.7 Å². The fraction of sp³-hybridized carbons (Fsp3) is 0.375. The highest BCUT2D eigenvalue weighted by Crippen LogP contribution is 2.66. The van der Waals surface area contributed by atoms with Crippen molar-refractivity contribution in [3.05, 3.63) is 95.3 Å². The molecule has 8 heteroatoms. The summed E-state index contributed by atoms with van der Waals surface area (Å²) in [6.07, 6.45) is 0. The Morgan fingerprint density at radius 2 is 0.850 bits per heavy atom. The Hall–Kier alpha value is -2.00. The van der Waals surface area contributed by atoms with Crippen LogP contribution in [0.15, 0.2) is 93.2 Å². The summed E-state index contributed by atoms with van der Waals surface area (Å²) < 4.78 is 0. The molecule has 0 aliphatic heterocycles. The van der Waals surface area contributed by atoms with Crippen molar-refractivity contribution in [3.8, 4) is 0 Å². The molecule has 4 aromatic rings. The van der Waals surface area contributed by atoms with Gasteiger partial charge in [-0.15, -0.1) is 23.5 Å². The van der Waals surface area contributed by atoms with Crippen LogP contribution in [-0.2, 0) is 0 Å². The maximum absolute atomic E-state index is 5.20. The predicted molar refractivity (Wildman–Crippen MR) is 174 cm³/mol. The highest BCUT2D eigenvalue weighted by molar-refractivity contribution is 8.00. The van der Waals surface area contributed by atoms with Crippen LogP contribution in [0.25, 0.3) is 0 Å². The lowest BCUT2D eigenvalue weighted by Gasteiger charge is -2.52. The van der Waals surface area contributed by atoms with E-state index < -0.39 is 0 Å². The Morgan fingerprint density at radius 1 is 0.475 bits per heavy atom. The molecule has 5 rings (SSSR count). The van der Waals surface area contributed by atoms with Crippen LogP contribution in [0.2, 0.25) is 0 Å². The first-order valence-corrected chi connectivity index (χ1v) is 18.0. The maximum atomic E-state index is 5.20. The van der Waals surface area contributed by atoms with Gasteiger partial charge in [0.25, 0.3) is 0 Å². The van der Waals surface area contributed by atoms with Crippen molar-refractivity contribution in [2.75, 3.05) is 23.0 Å². The van der Waals surface area contributed by atoms with Crippen molar-refractivity contribution in [1.29, 1.82) is 0 Å².